The number of rotatable bonds is 6. The quantitative estimate of drug-likeness (QED) is 0.520. The van der Waals surface area contributed by atoms with Crippen LogP contribution in [0.3, 0.4) is 0 Å². The van der Waals surface area contributed by atoms with Gasteiger partial charge >= 0.3 is 5.97 Å². The molecule has 96 valence electrons. The largest absolute Gasteiger partial charge is 0.458 e. The SMILES string of the molecule is CC(C)OCCOC(C)C(=O)OC(C)(C)C. The number of hydrogen-bond donors (Lipinski definition) is 0. The van der Waals surface area contributed by atoms with E-state index in [4.69, 9.17) is 14.2 Å². The van der Waals surface area contributed by atoms with Gasteiger partial charge in [0.1, 0.15) is 5.60 Å². The molecule has 0 bridgehead atoms. The number of ether oxygens (including phenoxy) is 3. The summed E-state index contributed by atoms with van der Waals surface area (Å²) in [5.74, 6) is -0.336. The summed E-state index contributed by atoms with van der Waals surface area (Å²) in [4.78, 5) is 11.5. The Morgan fingerprint density at radius 3 is 2.00 bits per heavy atom. The molecule has 0 heterocycles. The average Bonchev–Trinajstić information content (AvgIpc) is 2.08. The first-order valence-corrected chi connectivity index (χ1v) is 5.68. The molecule has 0 saturated carbocycles. The Balaban J connectivity index is 3.72. The van der Waals surface area contributed by atoms with E-state index >= 15 is 0 Å². The Labute approximate surface area is 98.3 Å². The molecule has 0 aromatic rings. The Kier molecular flexibility index (Phi) is 6.60. The summed E-state index contributed by atoms with van der Waals surface area (Å²) in [5.41, 5.74) is -0.469. The maximum atomic E-state index is 11.5. The topological polar surface area (TPSA) is 44.8 Å². The van der Waals surface area contributed by atoms with Crippen molar-refractivity contribution >= 4 is 5.97 Å². The molecule has 0 aliphatic rings. The second-order valence-corrected chi connectivity index (χ2v) is 4.97. The molecule has 0 spiro atoms. The fourth-order valence-corrected chi connectivity index (χ4v) is 0.962. The number of hydrogen-bond acceptors (Lipinski definition) is 4. The van der Waals surface area contributed by atoms with Gasteiger partial charge < -0.3 is 14.2 Å². The summed E-state index contributed by atoms with van der Waals surface area (Å²) in [7, 11) is 0. The van der Waals surface area contributed by atoms with Gasteiger partial charge in [-0.3, -0.25) is 0 Å². The Morgan fingerprint density at radius 1 is 1.06 bits per heavy atom. The summed E-state index contributed by atoms with van der Waals surface area (Å²) >= 11 is 0. The van der Waals surface area contributed by atoms with Crippen LogP contribution < -0.4 is 0 Å². The zero-order valence-corrected chi connectivity index (χ0v) is 11.2. The van der Waals surface area contributed by atoms with Crippen LogP contribution in [-0.4, -0.2) is 37.0 Å². The van der Waals surface area contributed by atoms with Gasteiger partial charge in [-0.1, -0.05) is 0 Å². The van der Waals surface area contributed by atoms with E-state index in [1.54, 1.807) is 6.92 Å². The van der Waals surface area contributed by atoms with Crippen LogP contribution >= 0.6 is 0 Å². The molecule has 16 heavy (non-hydrogen) atoms. The summed E-state index contributed by atoms with van der Waals surface area (Å²) in [6, 6.07) is 0. The van der Waals surface area contributed by atoms with Gasteiger partial charge in [0.15, 0.2) is 6.10 Å². The number of carbonyl (C=O) groups is 1. The van der Waals surface area contributed by atoms with E-state index in [9.17, 15) is 4.79 Å². The predicted octanol–water partition coefficient (Wildman–Crippen LogP) is 2.16. The summed E-state index contributed by atoms with van der Waals surface area (Å²) in [6.45, 7) is 12.0. The highest BCUT2D eigenvalue weighted by atomic mass is 16.6. The first-order chi connectivity index (χ1) is 7.22. The fraction of sp³-hybridized carbons (Fsp3) is 0.917. The third kappa shape index (κ3) is 8.68. The molecule has 1 unspecified atom stereocenters. The van der Waals surface area contributed by atoms with Gasteiger partial charge in [-0.05, 0) is 41.5 Å². The Hall–Kier alpha value is -0.610. The minimum atomic E-state index is -0.546. The second-order valence-electron chi connectivity index (χ2n) is 4.97. The lowest BCUT2D eigenvalue weighted by Gasteiger charge is -2.22. The molecule has 0 aromatic carbocycles. The van der Waals surface area contributed by atoms with Crippen molar-refractivity contribution < 1.29 is 19.0 Å². The van der Waals surface area contributed by atoms with E-state index < -0.39 is 11.7 Å². The van der Waals surface area contributed by atoms with Crippen LogP contribution in [0.2, 0.25) is 0 Å². The second kappa shape index (κ2) is 6.86. The molecule has 4 nitrogen and oxygen atoms in total. The van der Waals surface area contributed by atoms with E-state index in [2.05, 4.69) is 0 Å². The highest BCUT2D eigenvalue weighted by Gasteiger charge is 2.21. The zero-order chi connectivity index (χ0) is 12.8. The van der Waals surface area contributed by atoms with Crippen LogP contribution in [0.1, 0.15) is 41.5 Å². The normalized spacial score (nSPS) is 13.9. The lowest BCUT2D eigenvalue weighted by Crippen LogP contribution is -2.32. The van der Waals surface area contributed by atoms with E-state index in [-0.39, 0.29) is 12.1 Å². The van der Waals surface area contributed by atoms with Crippen LogP contribution in [0.25, 0.3) is 0 Å². The van der Waals surface area contributed by atoms with Crippen molar-refractivity contribution in [1.82, 2.24) is 0 Å². The molecule has 0 saturated heterocycles. The minimum Gasteiger partial charge on any atom is -0.458 e. The summed E-state index contributed by atoms with van der Waals surface area (Å²) in [6.07, 6.45) is -0.365. The average molecular weight is 232 g/mol. The molecule has 0 rings (SSSR count). The van der Waals surface area contributed by atoms with E-state index in [0.717, 1.165) is 0 Å². The third-order valence-corrected chi connectivity index (χ3v) is 1.64. The minimum absolute atomic E-state index is 0.181. The molecule has 0 aromatic heterocycles. The fourth-order valence-electron chi connectivity index (χ4n) is 0.962. The first-order valence-electron chi connectivity index (χ1n) is 5.68. The van der Waals surface area contributed by atoms with Crippen LogP contribution in [0.5, 0.6) is 0 Å². The third-order valence-electron chi connectivity index (χ3n) is 1.64. The molecule has 0 fully saturated rings. The predicted molar refractivity (Wildman–Crippen MR) is 62.3 cm³/mol. The zero-order valence-electron chi connectivity index (χ0n) is 11.2. The molecule has 4 heteroatoms. The van der Waals surface area contributed by atoms with Gasteiger partial charge in [-0.15, -0.1) is 0 Å². The van der Waals surface area contributed by atoms with Crippen molar-refractivity contribution in [2.45, 2.75) is 59.4 Å². The van der Waals surface area contributed by atoms with Crippen molar-refractivity contribution in [3.8, 4) is 0 Å². The van der Waals surface area contributed by atoms with Crippen LogP contribution in [0.4, 0.5) is 0 Å². The van der Waals surface area contributed by atoms with Gasteiger partial charge in [0.25, 0.3) is 0 Å². The molecule has 0 amide bonds. The Bertz CT molecular complexity index is 206. The first kappa shape index (κ1) is 15.4. The standard InChI is InChI=1S/C12H24O4/c1-9(2)14-7-8-15-10(3)11(13)16-12(4,5)6/h9-10H,7-8H2,1-6H3. The highest BCUT2D eigenvalue weighted by molar-refractivity contribution is 5.74. The van der Waals surface area contributed by atoms with Crippen LogP contribution in [-0.2, 0) is 19.0 Å². The van der Waals surface area contributed by atoms with E-state index in [0.29, 0.717) is 13.2 Å². The van der Waals surface area contributed by atoms with Gasteiger partial charge in [-0.25, -0.2) is 4.79 Å². The summed E-state index contributed by atoms with van der Waals surface area (Å²) < 4.78 is 15.8. The van der Waals surface area contributed by atoms with Crippen LogP contribution in [0, 0.1) is 0 Å². The van der Waals surface area contributed by atoms with E-state index in [1.165, 1.54) is 0 Å². The van der Waals surface area contributed by atoms with Crippen molar-refractivity contribution in [2.75, 3.05) is 13.2 Å². The molecule has 0 radical (unpaired) electrons. The molecular weight excluding hydrogens is 208 g/mol. The van der Waals surface area contributed by atoms with Crippen molar-refractivity contribution in [3.05, 3.63) is 0 Å². The van der Waals surface area contributed by atoms with Gasteiger partial charge in [0.2, 0.25) is 0 Å². The molecule has 0 aliphatic heterocycles. The maximum absolute atomic E-state index is 11.5. The van der Waals surface area contributed by atoms with Gasteiger partial charge in [0.05, 0.1) is 19.3 Å². The lowest BCUT2D eigenvalue weighted by molar-refractivity contribution is -0.168. The Morgan fingerprint density at radius 2 is 1.56 bits per heavy atom. The lowest BCUT2D eigenvalue weighted by atomic mass is 10.2. The molecule has 0 N–H and O–H groups in total. The molecule has 0 aliphatic carbocycles. The van der Waals surface area contributed by atoms with Gasteiger partial charge in [-0.2, -0.15) is 0 Å². The van der Waals surface area contributed by atoms with E-state index in [1.807, 2.05) is 34.6 Å². The van der Waals surface area contributed by atoms with Crippen LogP contribution in [0.15, 0.2) is 0 Å². The highest BCUT2D eigenvalue weighted by Crippen LogP contribution is 2.09. The number of carbonyl (C=O) groups excluding carboxylic acids is 1. The maximum Gasteiger partial charge on any atom is 0.335 e. The van der Waals surface area contributed by atoms with Crippen molar-refractivity contribution in [1.29, 1.82) is 0 Å². The number of esters is 1. The summed E-state index contributed by atoms with van der Waals surface area (Å²) in [5, 5.41) is 0. The molecule has 1 atom stereocenters. The van der Waals surface area contributed by atoms with Gasteiger partial charge in [0, 0.05) is 0 Å². The smallest absolute Gasteiger partial charge is 0.335 e. The monoisotopic (exact) mass is 232 g/mol. The van der Waals surface area contributed by atoms with Crippen molar-refractivity contribution in [3.63, 3.8) is 0 Å². The van der Waals surface area contributed by atoms with Crippen molar-refractivity contribution in [2.24, 2.45) is 0 Å². The molecular formula is C12H24O4.